The van der Waals surface area contributed by atoms with Crippen LogP contribution in [0.3, 0.4) is 0 Å². The molecule has 1 heterocycles. The van der Waals surface area contributed by atoms with E-state index in [9.17, 15) is 4.79 Å². The summed E-state index contributed by atoms with van der Waals surface area (Å²) < 4.78 is 5.26. The molecule has 1 fully saturated rings. The molecule has 1 aliphatic rings. The average molecular weight is 350 g/mol. The molecule has 0 saturated heterocycles. The fourth-order valence-electron chi connectivity index (χ4n) is 2.22. The first-order valence-electron chi connectivity index (χ1n) is 7.83. The number of amides is 1. The molecular formula is C16H20ClN5O2. The molecule has 1 saturated carbocycles. The second kappa shape index (κ2) is 6.05. The van der Waals surface area contributed by atoms with Gasteiger partial charge in [0.15, 0.2) is 0 Å². The lowest BCUT2D eigenvalue weighted by Gasteiger charge is -2.20. The summed E-state index contributed by atoms with van der Waals surface area (Å²) in [6.45, 7) is 7.31. The van der Waals surface area contributed by atoms with Crippen LogP contribution in [0.2, 0.25) is 5.02 Å². The van der Waals surface area contributed by atoms with E-state index in [1.165, 1.54) is 0 Å². The van der Waals surface area contributed by atoms with E-state index in [0.29, 0.717) is 22.6 Å². The van der Waals surface area contributed by atoms with Gasteiger partial charge in [-0.05, 0) is 63.4 Å². The van der Waals surface area contributed by atoms with Crippen molar-refractivity contribution in [2.45, 2.75) is 52.2 Å². The second-order valence-corrected chi connectivity index (χ2v) is 7.35. The number of carbonyl (C=O) groups excluding carboxylic acids is 1. The van der Waals surface area contributed by atoms with Gasteiger partial charge in [0.25, 0.3) is 0 Å². The van der Waals surface area contributed by atoms with Crippen LogP contribution in [0.5, 0.6) is 0 Å². The number of ether oxygens (including phenoxy) is 1. The van der Waals surface area contributed by atoms with Crippen molar-refractivity contribution in [2.75, 3.05) is 5.32 Å². The van der Waals surface area contributed by atoms with E-state index in [1.54, 1.807) is 37.7 Å². The maximum absolute atomic E-state index is 12.0. The van der Waals surface area contributed by atoms with Gasteiger partial charge >= 0.3 is 6.09 Å². The zero-order valence-corrected chi connectivity index (χ0v) is 14.9. The quantitative estimate of drug-likeness (QED) is 0.906. The van der Waals surface area contributed by atoms with Gasteiger partial charge in [0, 0.05) is 5.56 Å². The number of halogens is 1. The summed E-state index contributed by atoms with van der Waals surface area (Å²) in [5, 5.41) is 15.7. The van der Waals surface area contributed by atoms with Crippen LogP contribution < -0.4 is 5.32 Å². The molecule has 1 aliphatic carbocycles. The highest BCUT2D eigenvalue weighted by molar-refractivity contribution is 6.33. The number of hydrogen-bond acceptors (Lipinski definition) is 5. The number of anilines is 1. The number of nitrogens with zero attached hydrogens (tertiary/aromatic N) is 4. The summed E-state index contributed by atoms with van der Waals surface area (Å²) in [5.74, 6) is 0.517. The smallest absolute Gasteiger partial charge is 0.412 e. The van der Waals surface area contributed by atoms with Crippen LogP contribution in [0.4, 0.5) is 10.5 Å². The Morgan fingerprint density at radius 1 is 1.38 bits per heavy atom. The summed E-state index contributed by atoms with van der Waals surface area (Å²) in [5.41, 5.74) is 1.55. The Labute approximate surface area is 145 Å². The van der Waals surface area contributed by atoms with Crippen LogP contribution in [0, 0.1) is 6.92 Å². The Bertz CT molecular complexity index is 777. The minimum Gasteiger partial charge on any atom is -0.444 e. The lowest BCUT2D eigenvalue weighted by atomic mass is 10.1. The lowest BCUT2D eigenvalue weighted by molar-refractivity contribution is 0.0636. The highest BCUT2D eigenvalue weighted by atomic mass is 35.5. The van der Waals surface area contributed by atoms with Crippen molar-refractivity contribution < 1.29 is 9.53 Å². The fraction of sp³-hybridized carbons (Fsp3) is 0.500. The van der Waals surface area contributed by atoms with Crippen LogP contribution in [0.25, 0.3) is 11.4 Å². The summed E-state index contributed by atoms with van der Waals surface area (Å²) >= 11 is 6.24. The lowest BCUT2D eigenvalue weighted by Crippen LogP contribution is -2.27. The van der Waals surface area contributed by atoms with E-state index in [0.717, 1.165) is 24.0 Å². The molecule has 0 radical (unpaired) electrons. The van der Waals surface area contributed by atoms with Gasteiger partial charge in [0.1, 0.15) is 5.60 Å². The van der Waals surface area contributed by atoms with Gasteiger partial charge < -0.3 is 4.74 Å². The molecule has 8 heteroatoms. The molecule has 0 unspecified atom stereocenters. The largest absolute Gasteiger partial charge is 0.444 e. The van der Waals surface area contributed by atoms with Gasteiger partial charge in [-0.15, -0.1) is 10.2 Å². The van der Waals surface area contributed by atoms with E-state index < -0.39 is 11.7 Å². The first-order valence-corrected chi connectivity index (χ1v) is 8.21. The highest BCUT2D eigenvalue weighted by Crippen LogP contribution is 2.35. The molecule has 1 N–H and O–H groups in total. The van der Waals surface area contributed by atoms with Crippen molar-refractivity contribution in [1.82, 2.24) is 20.2 Å². The first kappa shape index (κ1) is 16.7. The average Bonchev–Trinajstić information content (AvgIpc) is 3.18. The molecule has 1 amide bonds. The number of tetrazole rings is 1. The van der Waals surface area contributed by atoms with E-state index >= 15 is 0 Å². The number of aryl methyl sites for hydroxylation is 1. The molecule has 0 aliphatic heterocycles. The van der Waals surface area contributed by atoms with Gasteiger partial charge in [-0.1, -0.05) is 11.6 Å². The van der Waals surface area contributed by atoms with Gasteiger partial charge in [0.2, 0.25) is 5.82 Å². The number of carbonyl (C=O) groups is 1. The van der Waals surface area contributed by atoms with Crippen LogP contribution in [-0.2, 0) is 4.74 Å². The molecule has 2 aromatic rings. The van der Waals surface area contributed by atoms with Crippen LogP contribution >= 0.6 is 11.6 Å². The predicted molar refractivity (Wildman–Crippen MR) is 91.1 cm³/mol. The van der Waals surface area contributed by atoms with Crippen molar-refractivity contribution in [3.05, 3.63) is 22.7 Å². The summed E-state index contributed by atoms with van der Waals surface area (Å²) in [4.78, 5) is 13.6. The number of rotatable bonds is 3. The van der Waals surface area contributed by atoms with Crippen molar-refractivity contribution in [3.8, 4) is 11.4 Å². The van der Waals surface area contributed by atoms with Gasteiger partial charge in [-0.25, -0.2) is 4.79 Å². The first-order chi connectivity index (χ1) is 11.2. The Hall–Kier alpha value is -2.15. The third kappa shape index (κ3) is 3.84. The number of nitrogens with one attached hydrogen (secondary N) is 1. The van der Waals surface area contributed by atoms with Crippen molar-refractivity contribution >= 4 is 23.4 Å². The molecule has 1 aromatic heterocycles. The van der Waals surface area contributed by atoms with Crippen LogP contribution in [0.1, 0.15) is 45.2 Å². The Kier molecular flexibility index (Phi) is 4.21. The highest BCUT2D eigenvalue weighted by Gasteiger charge is 2.27. The van der Waals surface area contributed by atoms with Crippen molar-refractivity contribution in [2.24, 2.45) is 0 Å². The fourth-order valence-corrected chi connectivity index (χ4v) is 2.48. The maximum atomic E-state index is 12.0. The van der Waals surface area contributed by atoms with E-state index in [1.807, 2.05) is 6.92 Å². The van der Waals surface area contributed by atoms with Gasteiger partial charge in [0.05, 0.1) is 16.8 Å². The van der Waals surface area contributed by atoms with Crippen LogP contribution in [-0.4, -0.2) is 31.9 Å². The third-order valence-electron chi connectivity index (χ3n) is 3.49. The molecule has 3 rings (SSSR count). The maximum Gasteiger partial charge on any atom is 0.412 e. The van der Waals surface area contributed by atoms with Gasteiger partial charge in [-0.3, -0.25) is 5.32 Å². The topological polar surface area (TPSA) is 81.9 Å². The Morgan fingerprint density at radius 2 is 2.08 bits per heavy atom. The molecule has 128 valence electrons. The SMILES string of the molecule is Cc1cc(Cl)c(NC(=O)OC(C)(C)C)cc1-c1nnn(C2CC2)n1. The monoisotopic (exact) mass is 349 g/mol. The Morgan fingerprint density at radius 3 is 2.71 bits per heavy atom. The van der Waals surface area contributed by atoms with E-state index in [4.69, 9.17) is 16.3 Å². The van der Waals surface area contributed by atoms with Crippen molar-refractivity contribution in [3.63, 3.8) is 0 Å². The molecule has 24 heavy (non-hydrogen) atoms. The number of hydrogen-bond donors (Lipinski definition) is 1. The van der Waals surface area contributed by atoms with Crippen molar-refractivity contribution in [1.29, 1.82) is 0 Å². The minimum atomic E-state index is -0.585. The standard InChI is InChI=1S/C16H20ClN5O2/c1-9-7-12(17)13(18-15(23)24-16(2,3)4)8-11(9)14-19-21-22(20-14)10-5-6-10/h7-8,10H,5-6H2,1-4H3,(H,18,23). The number of benzene rings is 1. The summed E-state index contributed by atoms with van der Waals surface area (Å²) in [7, 11) is 0. The zero-order valence-electron chi connectivity index (χ0n) is 14.1. The molecule has 0 atom stereocenters. The molecular weight excluding hydrogens is 330 g/mol. The molecule has 0 bridgehead atoms. The molecule has 7 nitrogen and oxygen atoms in total. The van der Waals surface area contributed by atoms with E-state index in [-0.39, 0.29) is 0 Å². The summed E-state index contributed by atoms with van der Waals surface area (Å²) in [6.07, 6.45) is 1.61. The predicted octanol–water partition coefficient (Wildman–Crippen LogP) is 3.98. The number of aromatic nitrogens is 4. The summed E-state index contributed by atoms with van der Waals surface area (Å²) in [6, 6.07) is 3.87. The van der Waals surface area contributed by atoms with E-state index in [2.05, 4.69) is 20.7 Å². The third-order valence-corrected chi connectivity index (χ3v) is 3.81. The van der Waals surface area contributed by atoms with Crippen LogP contribution in [0.15, 0.2) is 12.1 Å². The minimum absolute atomic E-state index is 0.359. The second-order valence-electron chi connectivity index (χ2n) is 6.94. The zero-order chi connectivity index (χ0) is 17.5. The molecule has 1 aromatic carbocycles. The molecule has 0 spiro atoms. The Balaban J connectivity index is 1.86. The normalized spacial score (nSPS) is 14.5. The van der Waals surface area contributed by atoms with Gasteiger partial charge in [-0.2, -0.15) is 4.80 Å².